The van der Waals surface area contributed by atoms with Gasteiger partial charge in [-0.2, -0.15) is 0 Å². The topological polar surface area (TPSA) is 17.1 Å². The van der Waals surface area contributed by atoms with E-state index in [9.17, 15) is 13.6 Å². The predicted molar refractivity (Wildman–Crippen MR) is 69.9 cm³/mol. The lowest BCUT2D eigenvalue weighted by atomic mass is 9.92. The number of hydrogen-bond acceptors (Lipinski definition) is 1. The Kier molecular flexibility index (Phi) is 4.05. The van der Waals surface area contributed by atoms with E-state index in [1.165, 1.54) is 18.2 Å². The molecule has 1 atom stereocenters. The van der Waals surface area contributed by atoms with Crippen LogP contribution in [0.2, 0.25) is 0 Å². The van der Waals surface area contributed by atoms with Gasteiger partial charge in [0.2, 0.25) is 0 Å². The number of benzene rings is 2. The number of rotatable bonds is 4. The van der Waals surface area contributed by atoms with Crippen molar-refractivity contribution < 1.29 is 13.6 Å². The standard InChI is InChI=1S/C16H14F2O/c1-11(12-6-3-2-4-7-12)16(19)10-13-14(17)8-5-9-15(13)18/h2-9,11H,10H2,1H3. The Morgan fingerprint density at radius 3 is 2.16 bits per heavy atom. The van der Waals surface area contributed by atoms with Crippen LogP contribution in [0.25, 0.3) is 0 Å². The maximum Gasteiger partial charge on any atom is 0.144 e. The highest BCUT2D eigenvalue weighted by Gasteiger charge is 2.19. The van der Waals surface area contributed by atoms with Gasteiger partial charge in [-0.25, -0.2) is 8.78 Å². The zero-order chi connectivity index (χ0) is 13.8. The SMILES string of the molecule is CC(C(=O)Cc1c(F)cccc1F)c1ccccc1. The van der Waals surface area contributed by atoms with Crippen molar-refractivity contribution >= 4 is 5.78 Å². The van der Waals surface area contributed by atoms with E-state index < -0.39 is 11.6 Å². The van der Waals surface area contributed by atoms with Gasteiger partial charge in [-0.15, -0.1) is 0 Å². The number of hydrogen-bond donors (Lipinski definition) is 0. The van der Waals surface area contributed by atoms with Gasteiger partial charge in [-0.3, -0.25) is 4.79 Å². The lowest BCUT2D eigenvalue weighted by molar-refractivity contribution is -0.119. The maximum absolute atomic E-state index is 13.5. The average Bonchev–Trinajstić information content (AvgIpc) is 2.43. The third kappa shape index (κ3) is 3.05. The summed E-state index contributed by atoms with van der Waals surface area (Å²) in [6, 6.07) is 12.8. The lowest BCUT2D eigenvalue weighted by Crippen LogP contribution is -2.14. The zero-order valence-corrected chi connectivity index (χ0v) is 10.6. The van der Waals surface area contributed by atoms with Gasteiger partial charge in [0.15, 0.2) is 0 Å². The Morgan fingerprint density at radius 2 is 1.58 bits per heavy atom. The van der Waals surface area contributed by atoms with E-state index in [1.54, 1.807) is 6.92 Å². The van der Waals surface area contributed by atoms with Crippen molar-refractivity contribution in [3.8, 4) is 0 Å². The monoisotopic (exact) mass is 260 g/mol. The molecule has 0 spiro atoms. The first-order valence-electron chi connectivity index (χ1n) is 6.10. The van der Waals surface area contributed by atoms with Gasteiger partial charge in [0.05, 0.1) is 0 Å². The molecule has 0 aromatic heterocycles. The first-order valence-corrected chi connectivity index (χ1v) is 6.10. The molecule has 0 fully saturated rings. The summed E-state index contributed by atoms with van der Waals surface area (Å²) in [6.07, 6.45) is -0.228. The second kappa shape index (κ2) is 5.74. The Morgan fingerprint density at radius 1 is 1.00 bits per heavy atom. The molecule has 0 aliphatic rings. The quantitative estimate of drug-likeness (QED) is 0.815. The van der Waals surface area contributed by atoms with E-state index in [0.29, 0.717) is 0 Å². The smallest absolute Gasteiger partial charge is 0.144 e. The van der Waals surface area contributed by atoms with E-state index in [-0.39, 0.29) is 23.7 Å². The molecule has 0 aliphatic heterocycles. The molecule has 2 aromatic carbocycles. The van der Waals surface area contributed by atoms with Crippen LogP contribution in [0.3, 0.4) is 0 Å². The number of ketones is 1. The first kappa shape index (κ1) is 13.4. The Bertz CT molecular complexity index is 558. The fourth-order valence-electron chi connectivity index (χ4n) is 1.96. The van der Waals surface area contributed by atoms with Crippen LogP contribution < -0.4 is 0 Å². The fraction of sp³-hybridized carbons (Fsp3) is 0.188. The van der Waals surface area contributed by atoms with Crippen molar-refractivity contribution in [1.82, 2.24) is 0 Å². The van der Waals surface area contributed by atoms with Gasteiger partial charge in [-0.05, 0) is 17.7 Å². The van der Waals surface area contributed by atoms with Gasteiger partial charge < -0.3 is 0 Å². The van der Waals surface area contributed by atoms with Gasteiger partial charge in [-0.1, -0.05) is 43.3 Å². The molecule has 98 valence electrons. The summed E-state index contributed by atoms with van der Waals surface area (Å²) in [4.78, 5) is 12.1. The molecule has 0 amide bonds. The molecule has 0 heterocycles. The second-order valence-corrected chi connectivity index (χ2v) is 4.48. The first-order chi connectivity index (χ1) is 9.09. The summed E-state index contributed by atoms with van der Waals surface area (Å²) < 4.78 is 27.0. The molecule has 0 bridgehead atoms. The maximum atomic E-state index is 13.5. The minimum absolute atomic E-state index is 0.157. The lowest BCUT2D eigenvalue weighted by Gasteiger charge is -2.11. The molecule has 3 heteroatoms. The minimum Gasteiger partial charge on any atom is -0.299 e. The molecule has 1 nitrogen and oxygen atoms in total. The van der Waals surface area contributed by atoms with Crippen LogP contribution in [-0.2, 0) is 11.2 Å². The van der Waals surface area contributed by atoms with Gasteiger partial charge in [0.25, 0.3) is 0 Å². The molecule has 2 rings (SSSR count). The third-order valence-electron chi connectivity index (χ3n) is 3.20. The van der Waals surface area contributed by atoms with Crippen LogP contribution in [0.5, 0.6) is 0 Å². The van der Waals surface area contributed by atoms with Crippen molar-refractivity contribution in [2.24, 2.45) is 0 Å². The number of carbonyl (C=O) groups is 1. The summed E-state index contributed by atoms with van der Waals surface area (Å²) in [6.45, 7) is 1.75. The van der Waals surface area contributed by atoms with Crippen LogP contribution >= 0.6 is 0 Å². The van der Waals surface area contributed by atoms with Crippen LogP contribution in [0.15, 0.2) is 48.5 Å². The largest absolute Gasteiger partial charge is 0.299 e. The van der Waals surface area contributed by atoms with Crippen LogP contribution in [0, 0.1) is 11.6 Å². The summed E-state index contributed by atoms with van der Waals surface area (Å²) in [5.74, 6) is -1.92. The molecule has 1 unspecified atom stereocenters. The van der Waals surface area contributed by atoms with Crippen LogP contribution in [0.4, 0.5) is 8.78 Å². The number of Topliss-reactive ketones (excluding diaryl/α,β-unsaturated/α-hetero) is 1. The van der Waals surface area contributed by atoms with E-state index in [0.717, 1.165) is 5.56 Å². The highest BCUT2D eigenvalue weighted by molar-refractivity contribution is 5.87. The average molecular weight is 260 g/mol. The van der Waals surface area contributed by atoms with Crippen molar-refractivity contribution in [2.45, 2.75) is 19.3 Å². The molecule has 0 aliphatic carbocycles. The van der Waals surface area contributed by atoms with Gasteiger partial charge in [0, 0.05) is 17.9 Å². The molecular formula is C16H14F2O. The summed E-state index contributed by atoms with van der Waals surface area (Å²) in [5.41, 5.74) is 0.694. The molecular weight excluding hydrogens is 246 g/mol. The minimum atomic E-state index is -0.673. The summed E-state index contributed by atoms with van der Waals surface area (Å²) >= 11 is 0. The fourth-order valence-corrected chi connectivity index (χ4v) is 1.96. The Labute approximate surface area is 110 Å². The van der Waals surface area contributed by atoms with Crippen LogP contribution in [-0.4, -0.2) is 5.78 Å². The zero-order valence-electron chi connectivity index (χ0n) is 10.6. The van der Waals surface area contributed by atoms with Gasteiger partial charge in [0.1, 0.15) is 17.4 Å². The van der Waals surface area contributed by atoms with E-state index in [1.807, 2.05) is 30.3 Å². The Hall–Kier alpha value is -2.03. The second-order valence-electron chi connectivity index (χ2n) is 4.48. The van der Waals surface area contributed by atoms with Crippen molar-refractivity contribution in [3.05, 3.63) is 71.3 Å². The van der Waals surface area contributed by atoms with Crippen LogP contribution in [0.1, 0.15) is 24.0 Å². The molecule has 0 saturated carbocycles. The molecule has 0 saturated heterocycles. The van der Waals surface area contributed by atoms with Crippen molar-refractivity contribution in [3.63, 3.8) is 0 Å². The number of halogens is 2. The summed E-state index contributed by atoms with van der Waals surface area (Å²) in [5, 5.41) is 0. The molecule has 0 radical (unpaired) electrons. The number of carbonyl (C=O) groups excluding carboxylic acids is 1. The predicted octanol–water partition coefficient (Wildman–Crippen LogP) is 3.88. The van der Waals surface area contributed by atoms with Crippen molar-refractivity contribution in [1.29, 1.82) is 0 Å². The molecule has 19 heavy (non-hydrogen) atoms. The van der Waals surface area contributed by atoms with Crippen molar-refractivity contribution in [2.75, 3.05) is 0 Å². The highest BCUT2D eigenvalue weighted by Crippen LogP contribution is 2.20. The summed E-state index contributed by atoms with van der Waals surface area (Å²) in [7, 11) is 0. The highest BCUT2D eigenvalue weighted by atomic mass is 19.1. The Balaban J connectivity index is 2.18. The third-order valence-corrected chi connectivity index (χ3v) is 3.20. The van der Waals surface area contributed by atoms with Gasteiger partial charge >= 0.3 is 0 Å². The normalized spacial score (nSPS) is 12.2. The molecule has 2 aromatic rings. The van der Waals surface area contributed by atoms with E-state index in [2.05, 4.69) is 0 Å². The molecule has 0 N–H and O–H groups in total. The van der Waals surface area contributed by atoms with E-state index in [4.69, 9.17) is 0 Å². The van der Waals surface area contributed by atoms with E-state index >= 15 is 0 Å².